The quantitative estimate of drug-likeness (QED) is 0.726. The van der Waals surface area contributed by atoms with Gasteiger partial charge >= 0.3 is 6.18 Å². The first-order valence-electron chi connectivity index (χ1n) is 6.28. The van der Waals surface area contributed by atoms with E-state index >= 15 is 0 Å². The molecule has 0 radical (unpaired) electrons. The van der Waals surface area contributed by atoms with Crippen LogP contribution in [0.5, 0.6) is 5.75 Å². The molecule has 19 heavy (non-hydrogen) atoms. The molecule has 0 aromatic heterocycles. The van der Waals surface area contributed by atoms with Gasteiger partial charge in [-0.1, -0.05) is 34.6 Å². The summed E-state index contributed by atoms with van der Waals surface area (Å²) in [5.74, 6) is 0.259. The maximum Gasteiger partial charge on any atom is 0.416 e. The van der Waals surface area contributed by atoms with Gasteiger partial charge in [-0.15, -0.1) is 0 Å². The molecule has 0 amide bonds. The van der Waals surface area contributed by atoms with Crippen LogP contribution in [0.3, 0.4) is 0 Å². The third kappa shape index (κ3) is 3.43. The molecule has 0 saturated heterocycles. The van der Waals surface area contributed by atoms with Gasteiger partial charge in [0.05, 0.1) is 12.7 Å². The fraction of sp³-hybridized carbons (Fsp3) is 0.600. The highest BCUT2D eigenvalue weighted by atomic mass is 19.4. The summed E-state index contributed by atoms with van der Waals surface area (Å²) >= 11 is 0. The summed E-state index contributed by atoms with van der Waals surface area (Å²) in [5.41, 5.74) is -0.116. The maximum absolute atomic E-state index is 13.3. The van der Waals surface area contributed by atoms with Crippen molar-refractivity contribution in [3.8, 4) is 5.75 Å². The number of hydrogen-bond donors (Lipinski definition) is 0. The standard InChI is InChI=1S/C15H21F3O/c1-9(2)11-7-10(19-6)8-12(15(16,17)18)13(11)14(3,4)5/h7-9H,1-6H3. The van der Waals surface area contributed by atoms with Crippen LogP contribution in [-0.4, -0.2) is 7.11 Å². The van der Waals surface area contributed by atoms with E-state index in [0.29, 0.717) is 11.1 Å². The monoisotopic (exact) mass is 274 g/mol. The normalized spacial score (nSPS) is 12.9. The van der Waals surface area contributed by atoms with Crippen LogP contribution in [0, 0.1) is 0 Å². The highest BCUT2D eigenvalue weighted by Gasteiger charge is 2.38. The van der Waals surface area contributed by atoms with E-state index in [9.17, 15) is 13.2 Å². The molecule has 0 fully saturated rings. The summed E-state index contributed by atoms with van der Waals surface area (Å²) in [6.07, 6.45) is -4.37. The molecule has 1 aromatic rings. The van der Waals surface area contributed by atoms with E-state index in [2.05, 4.69) is 0 Å². The average molecular weight is 274 g/mol. The van der Waals surface area contributed by atoms with Crippen molar-refractivity contribution in [1.29, 1.82) is 0 Å². The fourth-order valence-corrected chi connectivity index (χ4v) is 2.27. The van der Waals surface area contributed by atoms with E-state index in [4.69, 9.17) is 4.74 Å². The van der Waals surface area contributed by atoms with Gasteiger partial charge in [-0.2, -0.15) is 13.2 Å². The highest BCUT2D eigenvalue weighted by Crippen LogP contribution is 2.43. The van der Waals surface area contributed by atoms with Crippen molar-refractivity contribution in [2.45, 2.75) is 52.1 Å². The Labute approximate surface area is 112 Å². The summed E-state index contributed by atoms with van der Waals surface area (Å²) in [7, 11) is 1.39. The molecule has 0 unspecified atom stereocenters. The first-order valence-corrected chi connectivity index (χ1v) is 6.28. The average Bonchev–Trinajstić information content (AvgIpc) is 2.24. The predicted octanol–water partition coefficient (Wildman–Crippen LogP) is 5.13. The van der Waals surface area contributed by atoms with Crippen molar-refractivity contribution in [3.63, 3.8) is 0 Å². The lowest BCUT2D eigenvalue weighted by molar-refractivity contribution is -0.138. The molecule has 108 valence electrons. The molecular formula is C15H21F3O. The Morgan fingerprint density at radius 3 is 1.89 bits per heavy atom. The van der Waals surface area contributed by atoms with Gasteiger partial charge in [0.1, 0.15) is 5.75 Å². The van der Waals surface area contributed by atoms with Gasteiger partial charge in [0, 0.05) is 0 Å². The van der Waals surface area contributed by atoms with Gasteiger partial charge in [0.25, 0.3) is 0 Å². The smallest absolute Gasteiger partial charge is 0.416 e. The fourth-order valence-electron chi connectivity index (χ4n) is 2.27. The zero-order valence-electron chi connectivity index (χ0n) is 12.3. The highest BCUT2D eigenvalue weighted by molar-refractivity contribution is 5.48. The van der Waals surface area contributed by atoms with Gasteiger partial charge in [-0.3, -0.25) is 0 Å². The lowest BCUT2D eigenvalue weighted by Gasteiger charge is -2.29. The molecule has 0 atom stereocenters. The number of rotatable bonds is 2. The summed E-state index contributed by atoms with van der Waals surface area (Å²) < 4.78 is 44.9. The minimum absolute atomic E-state index is 0.00502. The number of alkyl halides is 3. The number of ether oxygens (including phenoxy) is 1. The number of benzene rings is 1. The second kappa shape index (κ2) is 5.06. The molecule has 0 bridgehead atoms. The van der Waals surface area contributed by atoms with Gasteiger partial charge in [0.2, 0.25) is 0 Å². The topological polar surface area (TPSA) is 9.23 Å². The van der Waals surface area contributed by atoms with Gasteiger partial charge in [0.15, 0.2) is 0 Å². The summed E-state index contributed by atoms with van der Waals surface area (Å²) in [6, 6.07) is 2.80. The number of halogens is 3. The van der Waals surface area contributed by atoms with Crippen molar-refractivity contribution >= 4 is 0 Å². The molecule has 0 aliphatic rings. The first kappa shape index (κ1) is 15.9. The third-order valence-corrected chi connectivity index (χ3v) is 3.06. The zero-order chi connectivity index (χ0) is 15.0. The van der Waals surface area contributed by atoms with Crippen molar-refractivity contribution in [2.24, 2.45) is 0 Å². The Morgan fingerprint density at radius 1 is 1.05 bits per heavy atom. The van der Waals surface area contributed by atoms with E-state index in [-0.39, 0.29) is 11.7 Å². The summed E-state index contributed by atoms with van der Waals surface area (Å²) in [4.78, 5) is 0. The van der Waals surface area contributed by atoms with Crippen molar-refractivity contribution in [2.75, 3.05) is 7.11 Å². The van der Waals surface area contributed by atoms with Crippen LogP contribution in [-0.2, 0) is 11.6 Å². The van der Waals surface area contributed by atoms with Crippen molar-refractivity contribution in [3.05, 3.63) is 28.8 Å². The van der Waals surface area contributed by atoms with Crippen LogP contribution in [0.1, 0.15) is 57.2 Å². The molecule has 0 N–H and O–H groups in total. The van der Waals surface area contributed by atoms with Crippen LogP contribution < -0.4 is 4.74 Å². The predicted molar refractivity (Wildman–Crippen MR) is 70.8 cm³/mol. The van der Waals surface area contributed by atoms with Crippen LogP contribution in [0.25, 0.3) is 0 Å². The second-order valence-corrected chi connectivity index (χ2v) is 6.04. The molecule has 0 heterocycles. The van der Waals surface area contributed by atoms with Crippen LogP contribution >= 0.6 is 0 Å². The van der Waals surface area contributed by atoms with Crippen LogP contribution in [0.2, 0.25) is 0 Å². The van der Waals surface area contributed by atoms with Gasteiger partial charge in [-0.05, 0) is 34.6 Å². The molecule has 1 nitrogen and oxygen atoms in total. The minimum atomic E-state index is -4.37. The Bertz CT molecular complexity index is 454. The van der Waals surface area contributed by atoms with Crippen molar-refractivity contribution in [1.82, 2.24) is 0 Å². The Hall–Kier alpha value is -1.19. The minimum Gasteiger partial charge on any atom is -0.497 e. The largest absolute Gasteiger partial charge is 0.497 e. The maximum atomic E-state index is 13.3. The van der Waals surface area contributed by atoms with E-state index in [1.807, 2.05) is 13.8 Å². The summed E-state index contributed by atoms with van der Waals surface area (Å²) in [5, 5.41) is 0. The van der Waals surface area contributed by atoms with Gasteiger partial charge in [-0.25, -0.2) is 0 Å². The molecule has 0 aliphatic carbocycles. The zero-order valence-corrected chi connectivity index (χ0v) is 12.3. The molecule has 1 rings (SSSR count). The number of hydrogen-bond acceptors (Lipinski definition) is 1. The molecule has 0 aliphatic heterocycles. The molecule has 4 heteroatoms. The van der Waals surface area contributed by atoms with Crippen LogP contribution in [0.15, 0.2) is 12.1 Å². The second-order valence-electron chi connectivity index (χ2n) is 6.04. The molecule has 1 aromatic carbocycles. The van der Waals surface area contributed by atoms with E-state index in [1.54, 1.807) is 26.8 Å². The molecule has 0 spiro atoms. The van der Waals surface area contributed by atoms with E-state index < -0.39 is 17.2 Å². The van der Waals surface area contributed by atoms with Crippen LogP contribution in [0.4, 0.5) is 13.2 Å². The lowest BCUT2D eigenvalue weighted by Crippen LogP contribution is -2.22. The Balaban J connectivity index is 3.72. The Morgan fingerprint density at radius 2 is 1.58 bits per heavy atom. The SMILES string of the molecule is COc1cc(C(C)C)c(C(C)(C)C)c(C(F)(F)F)c1. The van der Waals surface area contributed by atoms with E-state index in [0.717, 1.165) is 6.07 Å². The molecular weight excluding hydrogens is 253 g/mol. The summed E-state index contributed by atoms with van der Waals surface area (Å²) in [6.45, 7) is 9.19. The number of methoxy groups -OCH3 is 1. The van der Waals surface area contributed by atoms with Crippen molar-refractivity contribution < 1.29 is 17.9 Å². The van der Waals surface area contributed by atoms with E-state index in [1.165, 1.54) is 7.11 Å². The molecule has 0 saturated carbocycles. The lowest BCUT2D eigenvalue weighted by atomic mass is 9.77. The van der Waals surface area contributed by atoms with Gasteiger partial charge < -0.3 is 4.74 Å². The Kier molecular flexibility index (Phi) is 4.23. The first-order chi connectivity index (χ1) is 8.48. The third-order valence-electron chi connectivity index (χ3n) is 3.06.